The van der Waals surface area contributed by atoms with Crippen LogP contribution in [-0.2, 0) is 26.4 Å². The Balaban J connectivity index is 2.26. The van der Waals surface area contributed by atoms with E-state index in [2.05, 4.69) is 42.5 Å². The number of rotatable bonds is 5. The number of hydrogen-bond acceptors (Lipinski definition) is 2. The highest BCUT2D eigenvalue weighted by molar-refractivity contribution is 6.30. The summed E-state index contributed by atoms with van der Waals surface area (Å²) in [6.07, 6.45) is 2.05. The number of aryl methyl sites for hydroxylation is 4. The van der Waals surface area contributed by atoms with E-state index in [-0.39, 0.29) is 0 Å². The summed E-state index contributed by atoms with van der Waals surface area (Å²) in [5.74, 6) is 0. The van der Waals surface area contributed by atoms with Crippen LogP contribution in [0.2, 0.25) is 5.15 Å². The number of para-hydroxylation sites is 1. The van der Waals surface area contributed by atoms with E-state index in [4.69, 9.17) is 11.6 Å². The number of aromatic nitrogens is 2. The second-order valence-electron chi connectivity index (χ2n) is 4.99. The maximum atomic E-state index is 6.29. The summed E-state index contributed by atoms with van der Waals surface area (Å²) in [5.41, 5.74) is 6.00. The van der Waals surface area contributed by atoms with Crippen molar-refractivity contribution in [2.24, 2.45) is 7.05 Å². The zero-order valence-electron chi connectivity index (χ0n) is 12.6. The molecule has 0 aliphatic rings. The van der Waals surface area contributed by atoms with Gasteiger partial charge in [-0.05, 0) is 30.9 Å². The molecule has 0 aliphatic carbocycles. The first-order valence-electron chi connectivity index (χ1n) is 7.11. The number of halogens is 1. The molecule has 0 saturated carbocycles. The smallest absolute Gasteiger partial charge is 0.131 e. The second kappa shape index (κ2) is 6.31. The molecule has 0 bridgehead atoms. The minimum atomic E-state index is 0.710. The lowest BCUT2D eigenvalue weighted by Crippen LogP contribution is -2.06. The maximum absolute atomic E-state index is 6.29. The van der Waals surface area contributed by atoms with Crippen LogP contribution in [0, 0.1) is 6.92 Å². The zero-order valence-corrected chi connectivity index (χ0v) is 13.4. The molecule has 20 heavy (non-hydrogen) atoms. The first-order chi connectivity index (χ1) is 9.58. The van der Waals surface area contributed by atoms with Crippen LogP contribution in [0.25, 0.3) is 0 Å². The first-order valence-corrected chi connectivity index (χ1v) is 7.48. The van der Waals surface area contributed by atoms with Crippen molar-refractivity contribution in [1.29, 1.82) is 0 Å². The van der Waals surface area contributed by atoms with Crippen LogP contribution < -0.4 is 5.32 Å². The molecule has 0 fully saturated rings. The fourth-order valence-electron chi connectivity index (χ4n) is 2.52. The highest BCUT2D eigenvalue weighted by Crippen LogP contribution is 2.25. The lowest BCUT2D eigenvalue weighted by molar-refractivity contribution is 0.757. The molecular weight excluding hydrogens is 270 g/mol. The number of nitrogens with one attached hydrogen (secondary N) is 1. The quantitative estimate of drug-likeness (QED) is 0.898. The summed E-state index contributed by atoms with van der Waals surface area (Å²) in [4.78, 5) is 0. The van der Waals surface area contributed by atoms with Crippen LogP contribution in [0.3, 0.4) is 0 Å². The molecule has 1 aromatic heterocycles. The summed E-state index contributed by atoms with van der Waals surface area (Å²) in [7, 11) is 1.87. The second-order valence-corrected chi connectivity index (χ2v) is 5.35. The molecule has 1 N–H and O–H groups in total. The van der Waals surface area contributed by atoms with E-state index in [1.54, 1.807) is 4.68 Å². The van der Waals surface area contributed by atoms with Gasteiger partial charge in [0.15, 0.2) is 0 Å². The molecule has 2 rings (SSSR count). The van der Waals surface area contributed by atoms with Gasteiger partial charge in [0, 0.05) is 24.8 Å². The van der Waals surface area contributed by atoms with Gasteiger partial charge < -0.3 is 5.32 Å². The Kier molecular flexibility index (Phi) is 4.71. The van der Waals surface area contributed by atoms with Crippen LogP contribution in [0.5, 0.6) is 0 Å². The molecule has 1 heterocycles. The van der Waals surface area contributed by atoms with E-state index in [0.29, 0.717) is 11.7 Å². The predicted molar refractivity (Wildman–Crippen MR) is 85.5 cm³/mol. The minimum absolute atomic E-state index is 0.710. The van der Waals surface area contributed by atoms with Gasteiger partial charge in [-0.3, -0.25) is 4.68 Å². The summed E-state index contributed by atoms with van der Waals surface area (Å²) >= 11 is 6.29. The van der Waals surface area contributed by atoms with Crippen molar-refractivity contribution in [2.75, 3.05) is 5.32 Å². The molecular formula is C16H22ClN3. The Hall–Kier alpha value is -1.48. The monoisotopic (exact) mass is 291 g/mol. The maximum Gasteiger partial charge on any atom is 0.131 e. The molecule has 4 heteroatoms. The molecule has 3 nitrogen and oxygen atoms in total. The van der Waals surface area contributed by atoms with Gasteiger partial charge in [0.25, 0.3) is 0 Å². The van der Waals surface area contributed by atoms with Gasteiger partial charge in [-0.2, -0.15) is 5.10 Å². The molecule has 1 aromatic carbocycles. The van der Waals surface area contributed by atoms with Crippen molar-refractivity contribution in [3.05, 3.63) is 45.7 Å². The standard InChI is InChI=1S/C16H22ClN3/c1-5-12-8-7-9-13(6-2)15(12)18-10-14-11(3)19-20(4)16(14)17/h7-9,18H,5-6,10H2,1-4H3. The number of benzene rings is 1. The van der Waals surface area contributed by atoms with Crippen molar-refractivity contribution >= 4 is 17.3 Å². The van der Waals surface area contributed by atoms with Gasteiger partial charge in [0.2, 0.25) is 0 Å². The van der Waals surface area contributed by atoms with E-state index < -0.39 is 0 Å². The Bertz CT molecular complexity index is 580. The lowest BCUT2D eigenvalue weighted by Gasteiger charge is -2.15. The van der Waals surface area contributed by atoms with Crippen molar-refractivity contribution in [1.82, 2.24) is 9.78 Å². The average molecular weight is 292 g/mol. The van der Waals surface area contributed by atoms with Crippen molar-refractivity contribution in [3.8, 4) is 0 Å². The lowest BCUT2D eigenvalue weighted by atomic mass is 10.0. The normalized spacial score (nSPS) is 10.8. The third-order valence-corrected chi connectivity index (χ3v) is 4.18. The zero-order chi connectivity index (χ0) is 14.7. The fraction of sp³-hybridized carbons (Fsp3) is 0.438. The predicted octanol–water partition coefficient (Wildman–Crippen LogP) is 4.12. The number of nitrogens with zero attached hydrogens (tertiary/aromatic N) is 2. The van der Waals surface area contributed by atoms with Gasteiger partial charge >= 0.3 is 0 Å². The molecule has 0 unspecified atom stereocenters. The molecule has 0 radical (unpaired) electrons. The number of anilines is 1. The molecule has 0 amide bonds. The van der Waals surface area contributed by atoms with E-state index in [1.807, 2.05) is 14.0 Å². The van der Waals surface area contributed by atoms with Gasteiger partial charge in [0.1, 0.15) is 5.15 Å². The van der Waals surface area contributed by atoms with Crippen LogP contribution >= 0.6 is 11.6 Å². The highest BCUT2D eigenvalue weighted by Gasteiger charge is 2.12. The van der Waals surface area contributed by atoms with E-state index >= 15 is 0 Å². The van der Waals surface area contributed by atoms with Crippen LogP contribution in [0.4, 0.5) is 5.69 Å². The van der Waals surface area contributed by atoms with Crippen molar-refractivity contribution < 1.29 is 0 Å². The molecule has 0 aliphatic heterocycles. The summed E-state index contributed by atoms with van der Waals surface area (Å²) < 4.78 is 1.72. The Morgan fingerprint density at radius 3 is 2.25 bits per heavy atom. The Labute approximate surface area is 126 Å². The first kappa shape index (κ1) is 14.9. The summed E-state index contributed by atoms with van der Waals surface area (Å²) in [6, 6.07) is 6.49. The third-order valence-electron chi connectivity index (χ3n) is 3.71. The van der Waals surface area contributed by atoms with Gasteiger partial charge in [-0.15, -0.1) is 0 Å². The third kappa shape index (κ3) is 2.83. The summed E-state index contributed by atoms with van der Waals surface area (Å²) in [6.45, 7) is 7.07. The molecule has 0 saturated heterocycles. The topological polar surface area (TPSA) is 29.9 Å². The molecule has 0 atom stereocenters. The van der Waals surface area contributed by atoms with E-state index in [1.165, 1.54) is 16.8 Å². The van der Waals surface area contributed by atoms with Crippen LogP contribution in [-0.4, -0.2) is 9.78 Å². The summed E-state index contributed by atoms with van der Waals surface area (Å²) in [5, 5.41) is 8.62. The van der Waals surface area contributed by atoms with Crippen molar-refractivity contribution in [2.45, 2.75) is 40.2 Å². The number of hydrogen-bond donors (Lipinski definition) is 1. The van der Waals surface area contributed by atoms with Gasteiger partial charge in [-0.25, -0.2) is 0 Å². The fourth-order valence-corrected chi connectivity index (χ4v) is 2.76. The highest BCUT2D eigenvalue weighted by atomic mass is 35.5. The van der Waals surface area contributed by atoms with Gasteiger partial charge in [0.05, 0.1) is 5.69 Å². The Morgan fingerprint density at radius 1 is 1.20 bits per heavy atom. The van der Waals surface area contributed by atoms with Gasteiger partial charge in [-0.1, -0.05) is 43.6 Å². The van der Waals surface area contributed by atoms with E-state index in [0.717, 1.165) is 24.1 Å². The minimum Gasteiger partial charge on any atom is -0.380 e. The molecule has 0 spiro atoms. The average Bonchev–Trinajstić information content (AvgIpc) is 2.69. The van der Waals surface area contributed by atoms with E-state index in [9.17, 15) is 0 Å². The van der Waals surface area contributed by atoms with Crippen LogP contribution in [0.15, 0.2) is 18.2 Å². The Morgan fingerprint density at radius 2 is 1.80 bits per heavy atom. The molecule has 2 aromatic rings. The van der Waals surface area contributed by atoms with Crippen LogP contribution in [0.1, 0.15) is 36.2 Å². The van der Waals surface area contributed by atoms with Crippen molar-refractivity contribution in [3.63, 3.8) is 0 Å². The largest absolute Gasteiger partial charge is 0.380 e. The molecule has 108 valence electrons. The SMILES string of the molecule is CCc1cccc(CC)c1NCc1c(C)nn(C)c1Cl.